The fourth-order valence-corrected chi connectivity index (χ4v) is 5.93. The maximum Gasteiger partial charge on any atom is 0.341 e. The van der Waals surface area contributed by atoms with Crippen LogP contribution >= 0.6 is 23.1 Å². The highest BCUT2D eigenvalue weighted by atomic mass is 32.2. The molecule has 0 saturated carbocycles. The average Bonchev–Trinajstić information content (AvgIpc) is 3.13. The fraction of sp³-hybridized carbons (Fsp3) is 0.269. The number of hydrogen-bond donors (Lipinski definition) is 1. The maximum absolute atomic E-state index is 12.5. The Morgan fingerprint density at radius 1 is 0.943 bits per heavy atom. The zero-order valence-corrected chi connectivity index (χ0v) is 21.4. The fourth-order valence-electron chi connectivity index (χ4n) is 3.77. The van der Waals surface area contributed by atoms with Gasteiger partial charge in [0.05, 0.1) is 30.0 Å². The predicted octanol–water partition coefficient (Wildman–Crippen LogP) is 5.72. The molecule has 1 aliphatic heterocycles. The summed E-state index contributed by atoms with van der Waals surface area (Å²) < 4.78 is 10.3. The first-order valence-electron chi connectivity index (χ1n) is 11.2. The summed E-state index contributed by atoms with van der Waals surface area (Å²) in [6.45, 7) is 5.63. The van der Waals surface area contributed by atoms with Crippen LogP contribution in [0, 0.1) is 13.8 Å². The summed E-state index contributed by atoms with van der Waals surface area (Å²) >= 11 is 2.99. The minimum absolute atomic E-state index is 0.117. The van der Waals surface area contributed by atoms with Gasteiger partial charge in [-0.25, -0.2) is 4.79 Å². The molecule has 1 aliphatic rings. The lowest BCUT2D eigenvalue weighted by Crippen LogP contribution is -2.26. The molecule has 0 radical (unpaired) electrons. The SMILES string of the molecule is CCOC(=O)c1c(NC(=O)COC(=O)CCN2c3ccccc3Sc3ccccc32)sc(C)c1C. The van der Waals surface area contributed by atoms with E-state index in [1.54, 1.807) is 18.7 Å². The largest absolute Gasteiger partial charge is 0.462 e. The van der Waals surface area contributed by atoms with Gasteiger partial charge >= 0.3 is 11.9 Å². The van der Waals surface area contributed by atoms with E-state index in [1.807, 2.05) is 50.2 Å². The van der Waals surface area contributed by atoms with Crippen LogP contribution in [-0.4, -0.2) is 37.6 Å². The second-order valence-electron chi connectivity index (χ2n) is 7.86. The van der Waals surface area contributed by atoms with Crippen molar-refractivity contribution in [2.45, 2.75) is 37.0 Å². The predicted molar refractivity (Wildman–Crippen MR) is 138 cm³/mol. The van der Waals surface area contributed by atoms with Gasteiger partial charge in [0.1, 0.15) is 5.00 Å². The lowest BCUT2D eigenvalue weighted by atomic mass is 10.1. The van der Waals surface area contributed by atoms with Crippen molar-refractivity contribution >= 4 is 57.3 Å². The summed E-state index contributed by atoms with van der Waals surface area (Å²) in [5.41, 5.74) is 3.18. The Morgan fingerprint density at radius 2 is 1.57 bits per heavy atom. The van der Waals surface area contributed by atoms with E-state index in [-0.39, 0.29) is 13.0 Å². The van der Waals surface area contributed by atoms with Gasteiger partial charge in [-0.3, -0.25) is 9.59 Å². The van der Waals surface area contributed by atoms with E-state index in [0.29, 0.717) is 17.1 Å². The number of hydrogen-bond acceptors (Lipinski definition) is 8. The van der Waals surface area contributed by atoms with E-state index in [2.05, 4.69) is 22.3 Å². The Labute approximate surface area is 212 Å². The number of carbonyl (C=O) groups excluding carboxylic acids is 3. The third-order valence-electron chi connectivity index (χ3n) is 5.55. The van der Waals surface area contributed by atoms with E-state index < -0.39 is 24.5 Å². The van der Waals surface area contributed by atoms with Gasteiger partial charge in [-0.1, -0.05) is 36.0 Å². The molecule has 9 heteroatoms. The van der Waals surface area contributed by atoms with Crippen LogP contribution in [0.5, 0.6) is 0 Å². The Balaban J connectivity index is 1.35. The van der Waals surface area contributed by atoms with E-state index in [0.717, 1.165) is 31.6 Å². The van der Waals surface area contributed by atoms with Crippen molar-refractivity contribution in [3.05, 3.63) is 64.5 Å². The smallest absolute Gasteiger partial charge is 0.341 e. The van der Waals surface area contributed by atoms with Gasteiger partial charge in [0.2, 0.25) is 0 Å². The number of anilines is 3. The van der Waals surface area contributed by atoms with Crippen LogP contribution in [-0.2, 0) is 19.1 Å². The van der Waals surface area contributed by atoms with Crippen molar-refractivity contribution in [1.29, 1.82) is 0 Å². The van der Waals surface area contributed by atoms with Crippen LogP contribution in [0.25, 0.3) is 0 Å². The minimum Gasteiger partial charge on any atom is -0.462 e. The average molecular weight is 511 g/mol. The van der Waals surface area contributed by atoms with Crippen LogP contribution in [0.4, 0.5) is 16.4 Å². The van der Waals surface area contributed by atoms with Crippen LogP contribution in [0.3, 0.4) is 0 Å². The van der Waals surface area contributed by atoms with Crippen molar-refractivity contribution in [3.8, 4) is 0 Å². The number of fused-ring (bicyclic) bond motifs is 2. The molecule has 4 rings (SSSR count). The van der Waals surface area contributed by atoms with Gasteiger partial charge in [0.25, 0.3) is 5.91 Å². The number of esters is 2. The highest BCUT2D eigenvalue weighted by Gasteiger charge is 2.24. The number of carbonyl (C=O) groups is 3. The highest BCUT2D eigenvalue weighted by Crippen LogP contribution is 2.47. The van der Waals surface area contributed by atoms with Crippen molar-refractivity contribution < 1.29 is 23.9 Å². The zero-order chi connectivity index (χ0) is 24.9. The van der Waals surface area contributed by atoms with Gasteiger partial charge in [-0.2, -0.15) is 0 Å². The Bertz CT molecular complexity index is 1220. The summed E-state index contributed by atoms with van der Waals surface area (Å²) in [4.78, 5) is 42.5. The molecule has 1 amide bonds. The quantitative estimate of drug-likeness (QED) is 0.388. The van der Waals surface area contributed by atoms with E-state index in [1.165, 1.54) is 11.3 Å². The number of benzene rings is 2. The minimum atomic E-state index is -0.504. The molecule has 1 aromatic heterocycles. The lowest BCUT2D eigenvalue weighted by molar-refractivity contribution is -0.147. The van der Waals surface area contributed by atoms with Crippen LogP contribution in [0.1, 0.15) is 34.1 Å². The molecular formula is C26H26N2O5S2. The second-order valence-corrected chi connectivity index (χ2v) is 10.2. The summed E-state index contributed by atoms with van der Waals surface area (Å²) in [7, 11) is 0. The molecule has 2 heterocycles. The number of ether oxygens (including phenoxy) is 2. The summed E-state index contributed by atoms with van der Waals surface area (Å²) in [6.07, 6.45) is 0.117. The number of thiophene rings is 1. The van der Waals surface area contributed by atoms with Crippen LogP contribution in [0.2, 0.25) is 0 Å². The number of amides is 1. The Morgan fingerprint density at radius 3 is 2.20 bits per heavy atom. The van der Waals surface area contributed by atoms with Crippen molar-refractivity contribution in [1.82, 2.24) is 0 Å². The number of nitrogens with one attached hydrogen (secondary N) is 1. The Hall–Kier alpha value is -3.30. The molecule has 1 N–H and O–H groups in total. The summed E-state index contributed by atoms with van der Waals surface area (Å²) in [5, 5.41) is 3.09. The molecule has 0 bridgehead atoms. The molecule has 182 valence electrons. The van der Waals surface area contributed by atoms with Crippen molar-refractivity contribution in [2.75, 3.05) is 30.0 Å². The summed E-state index contributed by atoms with van der Waals surface area (Å²) in [5.74, 6) is -1.46. The van der Waals surface area contributed by atoms with E-state index in [4.69, 9.17) is 9.47 Å². The molecule has 7 nitrogen and oxygen atoms in total. The molecule has 2 aromatic carbocycles. The van der Waals surface area contributed by atoms with Gasteiger partial charge in [0, 0.05) is 21.2 Å². The van der Waals surface area contributed by atoms with Crippen LogP contribution in [0.15, 0.2) is 58.3 Å². The van der Waals surface area contributed by atoms with E-state index in [9.17, 15) is 14.4 Å². The van der Waals surface area contributed by atoms with Gasteiger partial charge in [-0.15, -0.1) is 11.3 Å². The number of aryl methyl sites for hydroxylation is 1. The van der Waals surface area contributed by atoms with Gasteiger partial charge in [-0.05, 0) is 50.6 Å². The first-order chi connectivity index (χ1) is 16.9. The van der Waals surface area contributed by atoms with Crippen molar-refractivity contribution in [3.63, 3.8) is 0 Å². The lowest BCUT2D eigenvalue weighted by Gasteiger charge is -2.32. The van der Waals surface area contributed by atoms with Gasteiger partial charge < -0.3 is 19.7 Å². The normalized spacial score (nSPS) is 11.9. The molecular weight excluding hydrogens is 484 g/mol. The molecule has 0 saturated heterocycles. The first kappa shape index (κ1) is 24.8. The molecule has 0 aliphatic carbocycles. The van der Waals surface area contributed by atoms with Crippen LogP contribution < -0.4 is 10.2 Å². The number of para-hydroxylation sites is 2. The third-order valence-corrected chi connectivity index (χ3v) is 7.81. The van der Waals surface area contributed by atoms with Gasteiger partial charge in [0.15, 0.2) is 6.61 Å². The topological polar surface area (TPSA) is 84.9 Å². The number of nitrogens with zero attached hydrogens (tertiary/aromatic N) is 1. The zero-order valence-electron chi connectivity index (χ0n) is 19.8. The summed E-state index contributed by atoms with van der Waals surface area (Å²) in [6, 6.07) is 16.1. The molecule has 3 aromatic rings. The molecule has 0 fully saturated rings. The molecule has 0 atom stereocenters. The Kier molecular flexibility index (Phi) is 7.77. The molecule has 35 heavy (non-hydrogen) atoms. The van der Waals surface area contributed by atoms with Crippen molar-refractivity contribution in [2.24, 2.45) is 0 Å². The molecule has 0 unspecified atom stereocenters. The third kappa shape index (κ3) is 5.52. The standard InChI is InChI=1S/C26H26N2O5S2/c1-4-32-26(31)24-16(2)17(3)34-25(24)27-22(29)15-33-23(30)13-14-28-18-9-5-7-11-20(18)35-21-12-8-6-10-19(21)28/h5-12H,4,13-15H2,1-3H3,(H,27,29). The monoisotopic (exact) mass is 510 g/mol. The maximum atomic E-state index is 12.5. The van der Waals surface area contributed by atoms with E-state index >= 15 is 0 Å². The highest BCUT2D eigenvalue weighted by molar-refractivity contribution is 7.99. The molecule has 0 spiro atoms. The number of rotatable bonds is 8. The first-order valence-corrected chi connectivity index (χ1v) is 12.9. The second kappa shape index (κ2) is 11.0.